The number of aliphatic hydroxyl groups is 1. The molecule has 7 heteroatoms. The Bertz CT molecular complexity index is 560. The first kappa shape index (κ1) is 15.8. The number of nitrogens with one attached hydrogen (secondary N) is 2. The highest BCUT2D eigenvalue weighted by molar-refractivity contribution is 7.07. The molecule has 21 heavy (non-hydrogen) atoms. The van der Waals surface area contributed by atoms with Crippen LogP contribution in [0.4, 0.5) is 4.79 Å². The summed E-state index contributed by atoms with van der Waals surface area (Å²) in [5.41, 5.74) is 1.81. The summed E-state index contributed by atoms with van der Waals surface area (Å²) in [6, 6.07) is 5.12. The van der Waals surface area contributed by atoms with Gasteiger partial charge in [-0.25, -0.2) is 9.78 Å². The van der Waals surface area contributed by atoms with Gasteiger partial charge in [0.1, 0.15) is 5.15 Å². The second-order valence-corrected chi connectivity index (χ2v) is 5.62. The molecule has 2 rings (SSSR count). The van der Waals surface area contributed by atoms with Gasteiger partial charge in [-0.05, 0) is 40.4 Å². The molecule has 2 aromatic rings. The summed E-state index contributed by atoms with van der Waals surface area (Å²) in [4.78, 5) is 15.6. The lowest BCUT2D eigenvalue weighted by Crippen LogP contribution is -2.38. The van der Waals surface area contributed by atoms with E-state index in [1.165, 1.54) is 11.3 Å². The predicted molar refractivity (Wildman–Crippen MR) is 83.6 cm³/mol. The minimum Gasteiger partial charge on any atom is -0.387 e. The van der Waals surface area contributed by atoms with Crippen LogP contribution >= 0.6 is 22.9 Å². The number of carbonyl (C=O) groups excluding carboxylic acids is 1. The lowest BCUT2D eigenvalue weighted by Gasteiger charge is -2.11. The molecule has 0 aliphatic rings. The standard InChI is InChI=1S/C14H16ClN3O2S/c15-13-2-1-10(7-17-13)3-5-16-14(20)18-8-12(19)11-4-6-21-9-11/h1-2,4,6-7,9,12,19H,3,5,8H2,(H2,16,18,20). The van der Waals surface area contributed by atoms with Gasteiger partial charge in [0, 0.05) is 19.3 Å². The molecule has 2 heterocycles. The number of pyridine rings is 1. The molecular weight excluding hydrogens is 310 g/mol. The molecule has 0 aliphatic carbocycles. The molecular formula is C14H16ClN3O2S. The number of thiophene rings is 1. The molecule has 1 atom stereocenters. The molecule has 0 aromatic carbocycles. The summed E-state index contributed by atoms with van der Waals surface area (Å²) in [5.74, 6) is 0. The van der Waals surface area contributed by atoms with E-state index < -0.39 is 6.10 Å². The zero-order valence-corrected chi connectivity index (χ0v) is 12.8. The van der Waals surface area contributed by atoms with Crippen LogP contribution in [0.5, 0.6) is 0 Å². The van der Waals surface area contributed by atoms with E-state index in [4.69, 9.17) is 11.6 Å². The van der Waals surface area contributed by atoms with Crippen molar-refractivity contribution >= 4 is 29.0 Å². The normalized spacial score (nSPS) is 11.9. The Morgan fingerprint density at radius 3 is 2.90 bits per heavy atom. The lowest BCUT2D eigenvalue weighted by atomic mass is 10.2. The van der Waals surface area contributed by atoms with Crippen molar-refractivity contribution in [3.63, 3.8) is 0 Å². The van der Waals surface area contributed by atoms with Crippen LogP contribution in [0, 0.1) is 0 Å². The summed E-state index contributed by atoms with van der Waals surface area (Å²) in [6.45, 7) is 0.675. The monoisotopic (exact) mass is 325 g/mol. The number of halogens is 1. The number of nitrogens with zero attached hydrogens (tertiary/aromatic N) is 1. The fourth-order valence-corrected chi connectivity index (χ4v) is 2.53. The highest BCUT2D eigenvalue weighted by Gasteiger charge is 2.09. The average molecular weight is 326 g/mol. The molecule has 3 N–H and O–H groups in total. The molecule has 2 aromatic heterocycles. The van der Waals surface area contributed by atoms with Crippen LogP contribution in [0.25, 0.3) is 0 Å². The third-order valence-corrected chi connectivity index (χ3v) is 3.80. The first-order chi connectivity index (χ1) is 10.1. The minimum absolute atomic E-state index is 0.186. The van der Waals surface area contributed by atoms with Crippen molar-refractivity contribution in [1.29, 1.82) is 0 Å². The highest BCUT2D eigenvalue weighted by atomic mass is 35.5. The van der Waals surface area contributed by atoms with Crippen molar-refractivity contribution in [2.45, 2.75) is 12.5 Å². The van der Waals surface area contributed by atoms with Crippen molar-refractivity contribution in [1.82, 2.24) is 15.6 Å². The van der Waals surface area contributed by atoms with Crippen LogP contribution in [0.2, 0.25) is 5.15 Å². The number of carbonyl (C=O) groups is 1. The summed E-state index contributed by atoms with van der Waals surface area (Å²) in [7, 11) is 0. The number of urea groups is 1. The van der Waals surface area contributed by atoms with Crippen LogP contribution < -0.4 is 10.6 Å². The Labute approximate surface area is 132 Å². The van der Waals surface area contributed by atoms with Crippen molar-refractivity contribution < 1.29 is 9.90 Å². The highest BCUT2D eigenvalue weighted by Crippen LogP contribution is 2.14. The Balaban J connectivity index is 1.64. The van der Waals surface area contributed by atoms with E-state index in [0.717, 1.165) is 11.1 Å². The van der Waals surface area contributed by atoms with E-state index >= 15 is 0 Å². The number of aliphatic hydroxyl groups excluding tert-OH is 1. The van der Waals surface area contributed by atoms with Crippen molar-refractivity contribution in [3.05, 3.63) is 51.4 Å². The molecule has 0 spiro atoms. The van der Waals surface area contributed by atoms with Crippen LogP contribution in [0.15, 0.2) is 35.2 Å². The zero-order valence-electron chi connectivity index (χ0n) is 11.3. The second-order valence-electron chi connectivity index (χ2n) is 4.45. The van der Waals surface area contributed by atoms with Gasteiger partial charge in [0.05, 0.1) is 6.10 Å². The summed E-state index contributed by atoms with van der Waals surface area (Å²) in [6.07, 6.45) is 1.68. The topological polar surface area (TPSA) is 74.2 Å². The molecule has 0 fully saturated rings. The molecule has 0 radical (unpaired) electrons. The van der Waals surface area contributed by atoms with Gasteiger partial charge < -0.3 is 15.7 Å². The number of rotatable bonds is 6. The first-order valence-electron chi connectivity index (χ1n) is 6.47. The van der Waals surface area contributed by atoms with E-state index in [-0.39, 0.29) is 12.6 Å². The van der Waals surface area contributed by atoms with Gasteiger partial charge in [0.25, 0.3) is 0 Å². The fourth-order valence-electron chi connectivity index (χ4n) is 1.71. The maximum absolute atomic E-state index is 11.6. The predicted octanol–water partition coefficient (Wildman–Crippen LogP) is 2.37. The van der Waals surface area contributed by atoms with E-state index in [0.29, 0.717) is 18.1 Å². The number of amides is 2. The van der Waals surface area contributed by atoms with Crippen LogP contribution in [-0.4, -0.2) is 29.2 Å². The molecule has 0 saturated heterocycles. The first-order valence-corrected chi connectivity index (χ1v) is 7.79. The lowest BCUT2D eigenvalue weighted by molar-refractivity contribution is 0.173. The van der Waals surface area contributed by atoms with Crippen molar-refractivity contribution in [2.24, 2.45) is 0 Å². The smallest absolute Gasteiger partial charge is 0.314 e. The molecule has 112 valence electrons. The number of hydrogen-bond donors (Lipinski definition) is 3. The zero-order chi connectivity index (χ0) is 15.1. The van der Waals surface area contributed by atoms with Gasteiger partial charge in [-0.2, -0.15) is 11.3 Å². The molecule has 0 saturated carbocycles. The molecule has 2 amide bonds. The molecule has 1 unspecified atom stereocenters. The van der Waals surface area contributed by atoms with Crippen LogP contribution in [0.3, 0.4) is 0 Å². The third-order valence-electron chi connectivity index (χ3n) is 2.87. The quantitative estimate of drug-likeness (QED) is 0.714. The fraction of sp³-hybridized carbons (Fsp3) is 0.286. The maximum atomic E-state index is 11.6. The van der Waals surface area contributed by atoms with Gasteiger partial charge in [-0.15, -0.1) is 0 Å². The van der Waals surface area contributed by atoms with Crippen molar-refractivity contribution in [2.75, 3.05) is 13.1 Å². The Hall–Kier alpha value is -1.63. The second kappa shape index (κ2) is 7.97. The van der Waals surface area contributed by atoms with Gasteiger partial charge in [0.2, 0.25) is 0 Å². The van der Waals surface area contributed by atoms with Gasteiger partial charge in [-0.1, -0.05) is 17.7 Å². The van der Waals surface area contributed by atoms with Crippen LogP contribution in [0.1, 0.15) is 17.2 Å². The van der Waals surface area contributed by atoms with Gasteiger partial charge in [-0.3, -0.25) is 0 Å². The Kier molecular flexibility index (Phi) is 5.98. The SMILES string of the molecule is O=C(NCCc1ccc(Cl)nc1)NCC(O)c1ccsc1. The van der Waals surface area contributed by atoms with E-state index in [1.807, 2.05) is 22.9 Å². The molecule has 0 bridgehead atoms. The van der Waals surface area contributed by atoms with Crippen molar-refractivity contribution in [3.8, 4) is 0 Å². The summed E-state index contributed by atoms with van der Waals surface area (Å²) < 4.78 is 0. The maximum Gasteiger partial charge on any atom is 0.314 e. The summed E-state index contributed by atoms with van der Waals surface area (Å²) >= 11 is 7.21. The van der Waals surface area contributed by atoms with E-state index in [9.17, 15) is 9.90 Å². The average Bonchev–Trinajstić information content (AvgIpc) is 3.01. The molecule has 5 nitrogen and oxygen atoms in total. The Morgan fingerprint density at radius 1 is 1.38 bits per heavy atom. The third kappa shape index (κ3) is 5.34. The van der Waals surface area contributed by atoms with Crippen LogP contribution in [-0.2, 0) is 6.42 Å². The van der Waals surface area contributed by atoms with Gasteiger partial charge >= 0.3 is 6.03 Å². The van der Waals surface area contributed by atoms with Gasteiger partial charge in [0.15, 0.2) is 0 Å². The van der Waals surface area contributed by atoms with E-state index in [1.54, 1.807) is 12.3 Å². The van der Waals surface area contributed by atoms with E-state index in [2.05, 4.69) is 15.6 Å². The Morgan fingerprint density at radius 2 is 2.24 bits per heavy atom. The minimum atomic E-state index is -0.678. The molecule has 0 aliphatic heterocycles. The largest absolute Gasteiger partial charge is 0.387 e. The number of aromatic nitrogens is 1. The number of hydrogen-bond acceptors (Lipinski definition) is 4. The summed E-state index contributed by atoms with van der Waals surface area (Å²) in [5, 5.41) is 19.4.